The van der Waals surface area contributed by atoms with Gasteiger partial charge in [0.2, 0.25) is 5.78 Å². The number of rotatable bonds is 3. The van der Waals surface area contributed by atoms with Crippen LogP contribution in [-0.4, -0.2) is 11.5 Å². The Morgan fingerprint density at radius 3 is 2.30 bits per heavy atom. The Kier molecular flexibility index (Phi) is 5.08. The van der Waals surface area contributed by atoms with Gasteiger partial charge in [-0.05, 0) is 35.2 Å². The number of halogens is 1. The fourth-order valence-corrected chi connectivity index (χ4v) is 3.86. The maximum absolute atomic E-state index is 13.3. The second-order valence-electron chi connectivity index (χ2n) is 8.34. The number of ketones is 1. The number of allylic oxidation sites excluding steroid dienone is 1. The van der Waals surface area contributed by atoms with E-state index in [4.69, 9.17) is 11.6 Å². The predicted octanol–water partition coefficient (Wildman–Crippen LogP) is 7.26. The molecule has 0 radical (unpaired) electrons. The minimum Gasteiger partial charge on any atom is -0.306 e. The molecule has 0 unspecified atom stereocenters. The fraction of sp³-hybridized carbons (Fsp3) is 0.154. The van der Waals surface area contributed by atoms with Crippen LogP contribution < -0.4 is 4.90 Å². The molecule has 1 aliphatic rings. The van der Waals surface area contributed by atoms with Gasteiger partial charge >= 0.3 is 0 Å². The summed E-state index contributed by atoms with van der Waals surface area (Å²) in [6, 6.07) is 22.8. The highest BCUT2D eigenvalue weighted by atomic mass is 35.5. The Bertz CT molecular complexity index is 1170. The third-order valence-corrected chi connectivity index (χ3v) is 5.39. The summed E-state index contributed by atoms with van der Waals surface area (Å²) in [4.78, 5) is 20.0. The topological polar surface area (TPSA) is 32.7 Å². The van der Waals surface area contributed by atoms with Crippen LogP contribution in [0.1, 0.15) is 36.7 Å². The normalized spacial score (nSPS) is 13.7. The highest BCUT2D eigenvalue weighted by molar-refractivity contribution is 6.53. The van der Waals surface area contributed by atoms with Gasteiger partial charge in [-0.1, -0.05) is 87.5 Å². The number of carbonyl (C=O) groups is 1. The van der Waals surface area contributed by atoms with Gasteiger partial charge in [0.1, 0.15) is 5.71 Å². The Hall–Kier alpha value is -3.17. The molecule has 0 spiro atoms. The first-order valence-electron chi connectivity index (χ1n) is 9.84. The quantitative estimate of drug-likeness (QED) is 0.422. The molecule has 1 heterocycles. The molecule has 3 aromatic rings. The molecule has 4 rings (SSSR count). The zero-order chi connectivity index (χ0) is 21.5. The maximum Gasteiger partial charge on any atom is 0.213 e. The van der Waals surface area contributed by atoms with Gasteiger partial charge in [-0.3, -0.25) is 4.79 Å². The van der Waals surface area contributed by atoms with Crippen LogP contribution in [0.15, 0.2) is 90.1 Å². The van der Waals surface area contributed by atoms with Gasteiger partial charge in [0.15, 0.2) is 0 Å². The molecule has 1 aliphatic heterocycles. The molecule has 0 amide bonds. The van der Waals surface area contributed by atoms with Gasteiger partial charge in [0.05, 0.1) is 22.8 Å². The van der Waals surface area contributed by atoms with Crippen LogP contribution in [0.5, 0.6) is 0 Å². The summed E-state index contributed by atoms with van der Waals surface area (Å²) < 4.78 is 0. The zero-order valence-electron chi connectivity index (χ0n) is 17.3. The molecular weight excluding hydrogens is 392 g/mol. The summed E-state index contributed by atoms with van der Waals surface area (Å²) in [6.45, 7) is 10.8. The molecule has 0 saturated carbocycles. The van der Waals surface area contributed by atoms with Crippen molar-refractivity contribution in [1.82, 2.24) is 0 Å². The van der Waals surface area contributed by atoms with Gasteiger partial charge in [-0.15, -0.1) is 0 Å². The number of nitrogens with zero attached hydrogens (tertiary/aromatic N) is 2. The number of para-hydroxylation sites is 1. The van der Waals surface area contributed by atoms with E-state index in [1.807, 2.05) is 53.4 Å². The first kappa shape index (κ1) is 20.1. The van der Waals surface area contributed by atoms with E-state index < -0.39 is 0 Å². The zero-order valence-corrected chi connectivity index (χ0v) is 18.1. The van der Waals surface area contributed by atoms with Crippen molar-refractivity contribution in [3.05, 3.63) is 101 Å². The Balaban J connectivity index is 1.93. The Morgan fingerprint density at radius 2 is 1.60 bits per heavy atom. The van der Waals surface area contributed by atoms with E-state index >= 15 is 0 Å². The van der Waals surface area contributed by atoms with Crippen LogP contribution in [0, 0.1) is 0 Å². The van der Waals surface area contributed by atoms with Gasteiger partial charge in [0.25, 0.3) is 0 Å². The smallest absolute Gasteiger partial charge is 0.213 e. The molecule has 0 aliphatic carbocycles. The van der Waals surface area contributed by atoms with E-state index in [2.05, 4.69) is 38.4 Å². The molecular formula is C26H23ClN2O. The molecule has 0 atom stereocenters. The Morgan fingerprint density at radius 1 is 0.933 bits per heavy atom. The highest BCUT2D eigenvalue weighted by Crippen LogP contribution is 2.45. The highest BCUT2D eigenvalue weighted by Gasteiger charge is 2.32. The molecule has 0 N–H and O–H groups in total. The van der Waals surface area contributed by atoms with Crippen LogP contribution >= 0.6 is 11.6 Å². The standard InChI is InChI=1S/C26H23ClN2O/c1-17-24(25(30)18-10-6-5-7-11-18)28-21-15-14-19(27)16-23(21)29(17)22-13-9-8-12-20(22)26(2,3)4/h5-16H,1H2,2-4H3. The van der Waals surface area contributed by atoms with E-state index in [1.54, 1.807) is 18.2 Å². The fourth-order valence-electron chi connectivity index (χ4n) is 3.69. The van der Waals surface area contributed by atoms with Crippen LogP contribution in [0.2, 0.25) is 5.02 Å². The van der Waals surface area contributed by atoms with E-state index in [-0.39, 0.29) is 11.2 Å². The predicted molar refractivity (Wildman–Crippen MR) is 126 cm³/mol. The van der Waals surface area contributed by atoms with Crippen molar-refractivity contribution in [1.29, 1.82) is 0 Å². The summed E-state index contributed by atoms with van der Waals surface area (Å²) >= 11 is 6.33. The number of benzene rings is 3. The van der Waals surface area contributed by atoms with Crippen molar-refractivity contribution in [3.8, 4) is 0 Å². The lowest BCUT2D eigenvalue weighted by Crippen LogP contribution is -2.31. The summed E-state index contributed by atoms with van der Waals surface area (Å²) in [5.74, 6) is -0.153. The van der Waals surface area contributed by atoms with Gasteiger partial charge in [-0.25, -0.2) is 4.99 Å². The largest absolute Gasteiger partial charge is 0.306 e. The molecule has 3 aromatic carbocycles. The molecule has 0 bridgehead atoms. The number of carbonyl (C=O) groups excluding carboxylic acids is 1. The Labute approximate surface area is 182 Å². The third-order valence-electron chi connectivity index (χ3n) is 5.16. The van der Waals surface area contributed by atoms with Crippen LogP contribution in [-0.2, 0) is 5.41 Å². The van der Waals surface area contributed by atoms with Crippen molar-refractivity contribution in [2.45, 2.75) is 26.2 Å². The maximum atomic E-state index is 13.3. The second kappa shape index (κ2) is 7.58. The first-order valence-corrected chi connectivity index (χ1v) is 10.2. The summed E-state index contributed by atoms with van der Waals surface area (Å²) in [5, 5.41) is 0.604. The average molecular weight is 415 g/mol. The number of fused-ring (bicyclic) bond motifs is 1. The lowest BCUT2D eigenvalue weighted by Gasteiger charge is -2.35. The minimum absolute atomic E-state index is 0.103. The molecule has 3 nitrogen and oxygen atoms in total. The van der Waals surface area contributed by atoms with Crippen molar-refractivity contribution in [2.75, 3.05) is 4.90 Å². The molecule has 0 saturated heterocycles. The van der Waals surface area contributed by atoms with Crippen LogP contribution in [0.4, 0.5) is 17.1 Å². The molecule has 4 heteroatoms. The monoisotopic (exact) mass is 414 g/mol. The SMILES string of the molecule is C=C1C(C(=O)c2ccccc2)=Nc2ccc(Cl)cc2N1c1ccccc1C(C)(C)C. The number of Topliss-reactive ketones (excluding diaryl/α,β-unsaturated/α-hetero) is 1. The molecule has 0 fully saturated rings. The summed E-state index contributed by atoms with van der Waals surface area (Å²) in [7, 11) is 0. The van der Waals surface area contributed by atoms with E-state index in [0.29, 0.717) is 27.7 Å². The van der Waals surface area contributed by atoms with Crippen molar-refractivity contribution >= 4 is 40.2 Å². The van der Waals surface area contributed by atoms with E-state index in [1.165, 1.54) is 0 Å². The summed E-state index contributed by atoms with van der Waals surface area (Å²) in [5.41, 5.74) is 4.96. The van der Waals surface area contributed by atoms with Crippen LogP contribution in [0.25, 0.3) is 0 Å². The van der Waals surface area contributed by atoms with E-state index in [9.17, 15) is 4.79 Å². The lowest BCUT2D eigenvalue weighted by molar-refractivity contribution is 0.106. The van der Waals surface area contributed by atoms with Crippen LogP contribution in [0.3, 0.4) is 0 Å². The van der Waals surface area contributed by atoms with Gasteiger partial charge in [-0.2, -0.15) is 0 Å². The lowest BCUT2D eigenvalue weighted by atomic mass is 9.85. The number of hydrogen-bond acceptors (Lipinski definition) is 3. The van der Waals surface area contributed by atoms with Gasteiger partial charge in [0, 0.05) is 10.6 Å². The number of hydrogen-bond donors (Lipinski definition) is 0. The molecule has 0 aromatic heterocycles. The molecule has 150 valence electrons. The third kappa shape index (κ3) is 3.57. The summed E-state index contributed by atoms with van der Waals surface area (Å²) in [6.07, 6.45) is 0. The van der Waals surface area contributed by atoms with E-state index in [0.717, 1.165) is 16.9 Å². The van der Waals surface area contributed by atoms with Crippen molar-refractivity contribution < 1.29 is 4.79 Å². The average Bonchev–Trinajstić information content (AvgIpc) is 2.73. The van der Waals surface area contributed by atoms with Gasteiger partial charge < -0.3 is 4.90 Å². The molecule has 30 heavy (non-hydrogen) atoms. The van der Waals surface area contributed by atoms with Crippen molar-refractivity contribution in [2.24, 2.45) is 4.99 Å². The second-order valence-corrected chi connectivity index (χ2v) is 8.77. The first-order chi connectivity index (χ1) is 14.3. The minimum atomic E-state index is -0.153. The number of aliphatic imine (C=N–C) groups is 1. The number of anilines is 2. The van der Waals surface area contributed by atoms with Crippen molar-refractivity contribution in [3.63, 3.8) is 0 Å².